The molecular weight excluding hydrogens is 234 g/mol. The molecule has 1 aliphatic rings. The molecule has 0 bridgehead atoms. The maximum absolute atomic E-state index is 12.2. The lowest BCUT2D eigenvalue weighted by Crippen LogP contribution is -2.55. The monoisotopic (exact) mass is 257 g/mol. The lowest BCUT2D eigenvalue weighted by molar-refractivity contribution is -0.146. The number of ether oxygens (including phenoxy) is 1. The maximum atomic E-state index is 12.2. The number of hydrogen-bond donors (Lipinski definition) is 1. The molecule has 2 N–H and O–H groups in total. The summed E-state index contributed by atoms with van der Waals surface area (Å²) in [5.74, 6) is 0.0338. The summed E-state index contributed by atoms with van der Waals surface area (Å²) < 4.78 is 4.81. The molecule has 0 atom stereocenters. The third-order valence-corrected chi connectivity index (χ3v) is 3.28. The van der Waals surface area contributed by atoms with Gasteiger partial charge >= 0.3 is 0 Å². The third kappa shape index (κ3) is 3.43. The van der Waals surface area contributed by atoms with Crippen molar-refractivity contribution in [3.63, 3.8) is 0 Å². The van der Waals surface area contributed by atoms with Crippen molar-refractivity contribution in [3.05, 3.63) is 0 Å². The molecule has 6 heteroatoms. The summed E-state index contributed by atoms with van der Waals surface area (Å²) in [6.07, 6.45) is 0. The van der Waals surface area contributed by atoms with Crippen LogP contribution in [0.25, 0.3) is 0 Å². The van der Waals surface area contributed by atoms with Crippen LogP contribution >= 0.6 is 0 Å². The van der Waals surface area contributed by atoms with Gasteiger partial charge in [0.05, 0.1) is 5.41 Å². The second kappa shape index (κ2) is 6.15. The summed E-state index contributed by atoms with van der Waals surface area (Å²) in [5.41, 5.74) is 5.07. The van der Waals surface area contributed by atoms with Gasteiger partial charge in [-0.3, -0.25) is 9.59 Å². The first-order chi connectivity index (χ1) is 8.42. The summed E-state index contributed by atoms with van der Waals surface area (Å²) in [4.78, 5) is 27.3. The van der Waals surface area contributed by atoms with E-state index in [9.17, 15) is 9.59 Å². The van der Waals surface area contributed by atoms with E-state index in [0.717, 1.165) is 0 Å². The van der Waals surface area contributed by atoms with Crippen molar-refractivity contribution in [3.8, 4) is 0 Å². The molecule has 0 radical (unpaired) electrons. The van der Waals surface area contributed by atoms with Crippen LogP contribution in [0.3, 0.4) is 0 Å². The molecule has 1 saturated heterocycles. The SMILES string of the molecule is COCC(=O)N1CCN(C(=O)C(C)(C)CN)CC1. The minimum atomic E-state index is -0.529. The topological polar surface area (TPSA) is 75.9 Å². The molecule has 1 heterocycles. The Morgan fingerprint density at radius 3 is 2.11 bits per heavy atom. The number of hydrogen-bond acceptors (Lipinski definition) is 4. The van der Waals surface area contributed by atoms with Gasteiger partial charge in [-0.1, -0.05) is 0 Å². The van der Waals surface area contributed by atoms with Crippen LogP contribution in [0, 0.1) is 5.41 Å². The quantitative estimate of drug-likeness (QED) is 0.722. The Kier molecular flexibility index (Phi) is 5.10. The summed E-state index contributed by atoms with van der Waals surface area (Å²) in [7, 11) is 1.50. The molecule has 0 aromatic heterocycles. The van der Waals surface area contributed by atoms with Crippen molar-refractivity contribution in [2.24, 2.45) is 11.1 Å². The standard InChI is InChI=1S/C12H23N3O3/c1-12(2,9-13)11(17)15-6-4-14(5-7-15)10(16)8-18-3/h4-9,13H2,1-3H3. The van der Waals surface area contributed by atoms with Gasteiger partial charge in [0.1, 0.15) is 6.61 Å². The van der Waals surface area contributed by atoms with Gasteiger partial charge in [0.2, 0.25) is 11.8 Å². The molecule has 0 unspecified atom stereocenters. The van der Waals surface area contributed by atoms with Gasteiger partial charge in [0.15, 0.2) is 0 Å². The molecule has 6 nitrogen and oxygen atoms in total. The van der Waals surface area contributed by atoms with E-state index in [-0.39, 0.29) is 18.4 Å². The van der Waals surface area contributed by atoms with Crippen LogP contribution in [0.5, 0.6) is 0 Å². The zero-order valence-corrected chi connectivity index (χ0v) is 11.4. The molecule has 1 aliphatic heterocycles. The molecule has 1 rings (SSSR count). The highest BCUT2D eigenvalue weighted by molar-refractivity contribution is 5.83. The first-order valence-corrected chi connectivity index (χ1v) is 6.18. The molecule has 104 valence electrons. The van der Waals surface area contributed by atoms with Gasteiger partial charge in [-0.05, 0) is 13.8 Å². The van der Waals surface area contributed by atoms with Crippen molar-refractivity contribution < 1.29 is 14.3 Å². The molecule has 2 amide bonds. The Labute approximate surface area is 108 Å². The van der Waals surface area contributed by atoms with E-state index in [1.807, 2.05) is 13.8 Å². The fourth-order valence-electron chi connectivity index (χ4n) is 1.89. The third-order valence-electron chi connectivity index (χ3n) is 3.28. The van der Waals surface area contributed by atoms with Crippen LogP contribution in [0.15, 0.2) is 0 Å². The Morgan fingerprint density at radius 1 is 1.17 bits per heavy atom. The van der Waals surface area contributed by atoms with Gasteiger partial charge in [-0.25, -0.2) is 0 Å². The summed E-state index contributed by atoms with van der Waals surface area (Å²) in [6.45, 7) is 6.38. The van der Waals surface area contributed by atoms with E-state index >= 15 is 0 Å². The molecule has 18 heavy (non-hydrogen) atoms. The average molecular weight is 257 g/mol. The fourth-order valence-corrected chi connectivity index (χ4v) is 1.89. The number of methoxy groups -OCH3 is 1. The van der Waals surface area contributed by atoms with Gasteiger partial charge in [0.25, 0.3) is 0 Å². The molecule has 1 fully saturated rings. The van der Waals surface area contributed by atoms with Crippen LogP contribution in [0.2, 0.25) is 0 Å². The molecule has 0 aromatic carbocycles. The zero-order chi connectivity index (χ0) is 13.8. The van der Waals surface area contributed by atoms with Crippen molar-refractivity contribution in [2.45, 2.75) is 13.8 Å². The molecule has 0 saturated carbocycles. The zero-order valence-electron chi connectivity index (χ0n) is 11.4. The largest absolute Gasteiger partial charge is 0.375 e. The minimum Gasteiger partial charge on any atom is -0.375 e. The smallest absolute Gasteiger partial charge is 0.248 e. The van der Waals surface area contributed by atoms with Crippen LogP contribution in [-0.2, 0) is 14.3 Å². The van der Waals surface area contributed by atoms with Gasteiger partial charge < -0.3 is 20.3 Å². The number of nitrogens with two attached hydrogens (primary N) is 1. The van der Waals surface area contributed by atoms with E-state index in [2.05, 4.69) is 0 Å². The number of amides is 2. The Balaban J connectivity index is 2.49. The highest BCUT2D eigenvalue weighted by atomic mass is 16.5. The van der Waals surface area contributed by atoms with Gasteiger partial charge in [-0.15, -0.1) is 0 Å². The van der Waals surface area contributed by atoms with E-state index < -0.39 is 5.41 Å². The summed E-state index contributed by atoms with van der Waals surface area (Å²) >= 11 is 0. The molecule has 0 spiro atoms. The maximum Gasteiger partial charge on any atom is 0.248 e. The normalized spacial score (nSPS) is 16.9. The van der Waals surface area contributed by atoms with Crippen molar-refractivity contribution in [2.75, 3.05) is 46.4 Å². The molecular formula is C12H23N3O3. The second-order valence-corrected chi connectivity index (χ2v) is 5.19. The minimum absolute atomic E-state index is 0.0253. The predicted octanol–water partition coefficient (Wildman–Crippen LogP) is -0.711. The van der Waals surface area contributed by atoms with E-state index in [1.54, 1.807) is 9.80 Å². The van der Waals surface area contributed by atoms with Crippen molar-refractivity contribution >= 4 is 11.8 Å². The second-order valence-electron chi connectivity index (χ2n) is 5.19. The Morgan fingerprint density at radius 2 is 1.67 bits per heavy atom. The van der Waals surface area contributed by atoms with E-state index in [4.69, 9.17) is 10.5 Å². The Hall–Kier alpha value is -1.14. The summed E-state index contributed by atoms with van der Waals surface area (Å²) in [6, 6.07) is 0. The molecule has 0 aromatic rings. The molecule has 0 aliphatic carbocycles. The fraction of sp³-hybridized carbons (Fsp3) is 0.833. The van der Waals surface area contributed by atoms with Crippen LogP contribution in [0.4, 0.5) is 0 Å². The van der Waals surface area contributed by atoms with Gasteiger partial charge in [-0.2, -0.15) is 0 Å². The number of rotatable bonds is 4. The first kappa shape index (κ1) is 14.9. The number of carbonyl (C=O) groups excluding carboxylic acids is 2. The lowest BCUT2D eigenvalue weighted by Gasteiger charge is -2.38. The highest BCUT2D eigenvalue weighted by Gasteiger charge is 2.33. The van der Waals surface area contributed by atoms with Gasteiger partial charge in [0, 0.05) is 39.8 Å². The highest BCUT2D eigenvalue weighted by Crippen LogP contribution is 2.18. The Bertz CT molecular complexity index is 310. The number of nitrogens with zero attached hydrogens (tertiary/aromatic N) is 2. The van der Waals surface area contributed by atoms with Crippen LogP contribution in [0.1, 0.15) is 13.8 Å². The van der Waals surface area contributed by atoms with E-state index in [0.29, 0.717) is 32.7 Å². The van der Waals surface area contributed by atoms with Crippen molar-refractivity contribution in [1.82, 2.24) is 9.80 Å². The van der Waals surface area contributed by atoms with Crippen molar-refractivity contribution in [1.29, 1.82) is 0 Å². The van der Waals surface area contributed by atoms with E-state index in [1.165, 1.54) is 7.11 Å². The van der Waals surface area contributed by atoms with Crippen LogP contribution in [-0.4, -0.2) is 68.1 Å². The predicted molar refractivity (Wildman–Crippen MR) is 67.9 cm³/mol. The lowest BCUT2D eigenvalue weighted by atomic mass is 9.91. The number of carbonyl (C=O) groups is 2. The van der Waals surface area contributed by atoms with Crippen LogP contribution < -0.4 is 5.73 Å². The first-order valence-electron chi connectivity index (χ1n) is 6.18. The summed E-state index contributed by atoms with van der Waals surface area (Å²) in [5, 5.41) is 0. The average Bonchev–Trinajstić information content (AvgIpc) is 2.38. The number of piperazine rings is 1.